The molecule has 0 bridgehead atoms. The van der Waals surface area contributed by atoms with E-state index in [0.717, 1.165) is 18.7 Å². The van der Waals surface area contributed by atoms with Gasteiger partial charge in [0.05, 0.1) is 6.26 Å². The first-order chi connectivity index (χ1) is 3.84. The third kappa shape index (κ3) is 0.782. The molecule has 1 aliphatic rings. The summed E-state index contributed by atoms with van der Waals surface area (Å²) in [6, 6.07) is 0. The molecule has 0 saturated carbocycles. The minimum atomic E-state index is 1.03. The molecule has 1 N–H and O–H groups in total. The molecule has 0 radical (unpaired) electrons. The number of aliphatic hydroxyl groups is 1. The fourth-order valence-corrected chi connectivity index (χ4v) is 0.995. The van der Waals surface area contributed by atoms with Gasteiger partial charge in [0, 0.05) is 19.3 Å². The summed E-state index contributed by atoms with van der Waals surface area (Å²) < 4.78 is 0. The van der Waals surface area contributed by atoms with Gasteiger partial charge in [-0.2, -0.15) is 0 Å². The van der Waals surface area contributed by atoms with E-state index in [2.05, 4.69) is 4.90 Å². The van der Waals surface area contributed by atoms with Crippen molar-refractivity contribution < 1.29 is 5.11 Å². The van der Waals surface area contributed by atoms with E-state index < -0.39 is 0 Å². The highest BCUT2D eigenvalue weighted by Crippen LogP contribution is 2.16. The van der Waals surface area contributed by atoms with Gasteiger partial charge in [-0.3, -0.25) is 0 Å². The first-order valence-electron chi connectivity index (χ1n) is 2.89. The quantitative estimate of drug-likeness (QED) is 0.476. The minimum absolute atomic E-state index is 1.03. The third-order valence-corrected chi connectivity index (χ3v) is 1.57. The van der Waals surface area contributed by atoms with Gasteiger partial charge in [0.25, 0.3) is 0 Å². The average molecular weight is 113 g/mol. The number of allylic oxidation sites excluding steroid dienone is 1. The van der Waals surface area contributed by atoms with Crippen molar-refractivity contribution in [3.63, 3.8) is 0 Å². The minimum Gasteiger partial charge on any atom is -0.514 e. The van der Waals surface area contributed by atoms with Gasteiger partial charge >= 0.3 is 0 Å². The molecule has 2 nitrogen and oxygen atoms in total. The van der Waals surface area contributed by atoms with Gasteiger partial charge in [-0.05, 0) is 12.8 Å². The van der Waals surface area contributed by atoms with Gasteiger partial charge in [0.1, 0.15) is 0 Å². The molecule has 0 aliphatic carbocycles. The molecule has 0 aromatic rings. The lowest BCUT2D eigenvalue weighted by atomic mass is 10.3. The van der Waals surface area contributed by atoms with Crippen molar-refractivity contribution in [2.45, 2.75) is 12.8 Å². The summed E-state index contributed by atoms with van der Waals surface area (Å²) in [5, 5.41) is 8.53. The molecule has 1 rings (SSSR count). The lowest BCUT2D eigenvalue weighted by Crippen LogP contribution is -2.09. The van der Waals surface area contributed by atoms with Crippen LogP contribution in [0.2, 0.25) is 0 Å². The monoisotopic (exact) mass is 113 g/mol. The maximum absolute atomic E-state index is 8.53. The zero-order valence-electron chi connectivity index (χ0n) is 5.09. The molecular formula is C6H11NO. The molecule has 8 heavy (non-hydrogen) atoms. The molecule has 0 amide bonds. The molecule has 0 spiro atoms. The van der Waals surface area contributed by atoms with Crippen molar-refractivity contribution in [1.82, 2.24) is 4.90 Å². The summed E-state index contributed by atoms with van der Waals surface area (Å²) in [7, 11) is 2.00. The van der Waals surface area contributed by atoms with Crippen LogP contribution in [0.1, 0.15) is 12.8 Å². The van der Waals surface area contributed by atoms with Gasteiger partial charge in [-0.1, -0.05) is 0 Å². The summed E-state index contributed by atoms with van der Waals surface area (Å²) in [4.78, 5) is 2.07. The van der Waals surface area contributed by atoms with Crippen molar-refractivity contribution in [3.8, 4) is 0 Å². The van der Waals surface area contributed by atoms with E-state index in [-0.39, 0.29) is 0 Å². The second-order valence-corrected chi connectivity index (χ2v) is 2.15. The van der Waals surface area contributed by atoms with Crippen LogP contribution in [0.4, 0.5) is 0 Å². The summed E-state index contributed by atoms with van der Waals surface area (Å²) >= 11 is 0. The number of nitrogens with zero attached hydrogens (tertiary/aromatic N) is 1. The van der Waals surface area contributed by atoms with Gasteiger partial charge in [0.2, 0.25) is 0 Å². The van der Waals surface area contributed by atoms with Crippen molar-refractivity contribution in [2.24, 2.45) is 0 Å². The zero-order valence-corrected chi connectivity index (χ0v) is 5.09. The first-order valence-corrected chi connectivity index (χ1v) is 2.89. The van der Waals surface area contributed by atoms with Crippen LogP contribution in [-0.4, -0.2) is 23.6 Å². The fraction of sp³-hybridized carbons (Fsp3) is 0.667. The van der Waals surface area contributed by atoms with Gasteiger partial charge in [-0.15, -0.1) is 0 Å². The van der Waals surface area contributed by atoms with E-state index in [9.17, 15) is 0 Å². The van der Waals surface area contributed by atoms with Crippen molar-refractivity contribution in [2.75, 3.05) is 13.6 Å². The normalized spacial score (nSPS) is 25.1. The SMILES string of the molecule is CN1CCC/C1=C\O. The second kappa shape index (κ2) is 2.07. The molecule has 0 aromatic heterocycles. The van der Waals surface area contributed by atoms with Crippen LogP contribution >= 0.6 is 0 Å². The van der Waals surface area contributed by atoms with Crippen LogP contribution in [-0.2, 0) is 0 Å². The molecule has 1 aliphatic heterocycles. The Hall–Kier alpha value is -0.660. The van der Waals surface area contributed by atoms with Gasteiger partial charge in [0.15, 0.2) is 0 Å². The molecule has 1 heterocycles. The van der Waals surface area contributed by atoms with Crippen molar-refractivity contribution >= 4 is 0 Å². The summed E-state index contributed by atoms with van der Waals surface area (Å²) in [5.41, 5.74) is 1.06. The number of aliphatic hydroxyl groups excluding tert-OH is 1. The van der Waals surface area contributed by atoms with Crippen LogP contribution in [0, 0.1) is 0 Å². The third-order valence-electron chi connectivity index (χ3n) is 1.57. The number of hydrogen-bond acceptors (Lipinski definition) is 2. The molecule has 1 fully saturated rings. The second-order valence-electron chi connectivity index (χ2n) is 2.15. The van der Waals surface area contributed by atoms with Crippen molar-refractivity contribution in [1.29, 1.82) is 0 Å². The number of likely N-dealkylation sites (tertiary alicyclic amines) is 1. The topological polar surface area (TPSA) is 23.5 Å². The Kier molecular flexibility index (Phi) is 1.42. The summed E-state index contributed by atoms with van der Waals surface area (Å²) in [6.45, 7) is 1.09. The first kappa shape index (κ1) is 5.48. The highest BCUT2D eigenvalue weighted by atomic mass is 16.2. The van der Waals surface area contributed by atoms with Crippen LogP contribution in [0.15, 0.2) is 12.0 Å². The summed E-state index contributed by atoms with van der Waals surface area (Å²) in [5.74, 6) is 0. The Morgan fingerprint density at radius 2 is 2.50 bits per heavy atom. The summed E-state index contributed by atoms with van der Waals surface area (Å²) in [6.07, 6.45) is 3.42. The lowest BCUT2D eigenvalue weighted by molar-refractivity contribution is 0.416. The molecular weight excluding hydrogens is 102 g/mol. The standard InChI is InChI=1S/C6H11NO/c1-7-4-2-3-6(7)5-8/h5,8H,2-4H2,1H3/b6-5+. The highest BCUT2D eigenvalue weighted by molar-refractivity contribution is 5.00. The Morgan fingerprint density at radius 3 is 2.75 bits per heavy atom. The lowest BCUT2D eigenvalue weighted by Gasteiger charge is -2.09. The van der Waals surface area contributed by atoms with E-state index in [0.29, 0.717) is 0 Å². The van der Waals surface area contributed by atoms with Gasteiger partial charge < -0.3 is 10.0 Å². The van der Waals surface area contributed by atoms with E-state index in [1.54, 1.807) is 0 Å². The zero-order chi connectivity index (χ0) is 5.98. The predicted molar refractivity (Wildman–Crippen MR) is 32.6 cm³/mol. The highest BCUT2D eigenvalue weighted by Gasteiger charge is 2.10. The van der Waals surface area contributed by atoms with Crippen LogP contribution < -0.4 is 0 Å². The average Bonchev–Trinajstić information content (AvgIpc) is 2.14. The van der Waals surface area contributed by atoms with Crippen LogP contribution in [0.5, 0.6) is 0 Å². The number of rotatable bonds is 0. The molecule has 46 valence electrons. The van der Waals surface area contributed by atoms with E-state index in [4.69, 9.17) is 5.11 Å². The van der Waals surface area contributed by atoms with E-state index >= 15 is 0 Å². The Labute approximate surface area is 49.4 Å². The van der Waals surface area contributed by atoms with E-state index in [1.807, 2.05) is 7.05 Å². The van der Waals surface area contributed by atoms with Crippen LogP contribution in [0.3, 0.4) is 0 Å². The molecule has 0 aromatic carbocycles. The Bertz CT molecular complexity index is 109. The largest absolute Gasteiger partial charge is 0.514 e. The maximum Gasteiger partial charge on any atom is 0.0982 e. The molecule has 2 heteroatoms. The van der Waals surface area contributed by atoms with Crippen LogP contribution in [0.25, 0.3) is 0 Å². The maximum atomic E-state index is 8.53. The smallest absolute Gasteiger partial charge is 0.0982 e. The Balaban J connectivity index is 2.55. The molecule has 1 saturated heterocycles. The van der Waals surface area contributed by atoms with E-state index in [1.165, 1.54) is 12.7 Å². The Morgan fingerprint density at radius 1 is 1.75 bits per heavy atom. The molecule has 0 atom stereocenters. The molecule has 0 unspecified atom stereocenters. The van der Waals surface area contributed by atoms with Gasteiger partial charge in [-0.25, -0.2) is 0 Å². The predicted octanol–water partition coefficient (Wildman–Crippen LogP) is 1.11. The fourth-order valence-electron chi connectivity index (χ4n) is 0.995. The number of hydrogen-bond donors (Lipinski definition) is 1. The van der Waals surface area contributed by atoms with Crippen molar-refractivity contribution in [3.05, 3.63) is 12.0 Å².